The number of anilines is 1. The third-order valence-electron chi connectivity index (χ3n) is 2.29. The Hall–Kier alpha value is -0.990. The van der Waals surface area contributed by atoms with Gasteiger partial charge in [0.15, 0.2) is 0 Å². The molecule has 0 saturated carbocycles. The average Bonchev–Trinajstić information content (AvgIpc) is 2.35. The van der Waals surface area contributed by atoms with Crippen LogP contribution in [-0.2, 0) is 6.54 Å². The van der Waals surface area contributed by atoms with Crippen molar-refractivity contribution in [3.63, 3.8) is 0 Å². The molecule has 1 rings (SSSR count). The van der Waals surface area contributed by atoms with Gasteiger partial charge in [0.25, 0.3) is 0 Å². The molecule has 1 heterocycles. The minimum Gasteiger partial charge on any atom is -0.396 e. The van der Waals surface area contributed by atoms with Crippen LogP contribution >= 0.6 is 0 Å². The number of nitrogen functional groups attached to an aromatic ring is 1. The third kappa shape index (κ3) is 2.76. The van der Waals surface area contributed by atoms with E-state index in [-0.39, 0.29) is 0 Å². The third-order valence-corrected chi connectivity index (χ3v) is 2.29. The summed E-state index contributed by atoms with van der Waals surface area (Å²) in [5.74, 6) is 0.771. The molecule has 0 unspecified atom stereocenters. The second-order valence-electron chi connectivity index (χ2n) is 3.94. The van der Waals surface area contributed by atoms with Gasteiger partial charge >= 0.3 is 0 Å². The molecule has 0 bridgehead atoms. The van der Waals surface area contributed by atoms with E-state index in [9.17, 15) is 0 Å². The number of nitrogens with zero attached hydrogens (tertiary/aromatic N) is 2. The van der Waals surface area contributed by atoms with E-state index in [0.29, 0.717) is 0 Å². The van der Waals surface area contributed by atoms with Crippen molar-refractivity contribution in [3.05, 3.63) is 11.9 Å². The monoisotopic (exact) mass is 181 g/mol. The van der Waals surface area contributed by atoms with E-state index in [1.54, 1.807) is 6.20 Å². The van der Waals surface area contributed by atoms with E-state index in [4.69, 9.17) is 5.73 Å². The number of rotatable bonds is 4. The first-order valence-corrected chi connectivity index (χ1v) is 4.89. The molecule has 3 heteroatoms. The molecule has 0 fully saturated rings. The lowest BCUT2D eigenvalue weighted by Gasteiger charge is -2.06. The Bertz CT molecular complexity index is 263. The van der Waals surface area contributed by atoms with Crippen molar-refractivity contribution in [2.45, 2.75) is 40.2 Å². The lowest BCUT2D eigenvalue weighted by atomic mass is 10.1. The molecule has 0 spiro atoms. The van der Waals surface area contributed by atoms with Crippen LogP contribution in [0.5, 0.6) is 0 Å². The van der Waals surface area contributed by atoms with E-state index in [2.05, 4.69) is 18.9 Å². The van der Waals surface area contributed by atoms with Crippen LogP contribution in [0.15, 0.2) is 6.20 Å². The molecular formula is C10H19N3. The zero-order valence-electron chi connectivity index (χ0n) is 8.75. The second kappa shape index (κ2) is 4.30. The molecule has 0 radical (unpaired) electrons. The van der Waals surface area contributed by atoms with Gasteiger partial charge in [0.05, 0.1) is 17.6 Å². The van der Waals surface area contributed by atoms with Crippen molar-refractivity contribution in [1.82, 2.24) is 9.78 Å². The van der Waals surface area contributed by atoms with Gasteiger partial charge < -0.3 is 5.73 Å². The normalized spacial score (nSPS) is 11.1. The summed E-state index contributed by atoms with van der Waals surface area (Å²) >= 11 is 0. The van der Waals surface area contributed by atoms with E-state index in [0.717, 1.165) is 23.8 Å². The highest BCUT2D eigenvalue weighted by Gasteiger charge is 2.02. The second-order valence-corrected chi connectivity index (χ2v) is 3.94. The fraction of sp³-hybridized carbons (Fsp3) is 0.700. The lowest BCUT2D eigenvalue weighted by Crippen LogP contribution is -2.04. The molecule has 0 amide bonds. The molecule has 2 N–H and O–H groups in total. The van der Waals surface area contributed by atoms with Crippen LogP contribution in [0.4, 0.5) is 5.69 Å². The summed E-state index contributed by atoms with van der Waals surface area (Å²) in [4.78, 5) is 0. The van der Waals surface area contributed by atoms with Crippen molar-refractivity contribution in [3.8, 4) is 0 Å². The van der Waals surface area contributed by atoms with Crippen molar-refractivity contribution in [2.75, 3.05) is 5.73 Å². The number of hydrogen-bond acceptors (Lipinski definition) is 2. The summed E-state index contributed by atoms with van der Waals surface area (Å²) in [6.07, 6.45) is 4.16. The Kier molecular flexibility index (Phi) is 3.34. The van der Waals surface area contributed by atoms with E-state index < -0.39 is 0 Å². The average molecular weight is 181 g/mol. The molecule has 0 saturated heterocycles. The minimum atomic E-state index is 0.771. The van der Waals surface area contributed by atoms with Crippen LogP contribution in [0.2, 0.25) is 0 Å². The number of aryl methyl sites for hydroxylation is 1. The first-order valence-electron chi connectivity index (χ1n) is 4.89. The molecule has 13 heavy (non-hydrogen) atoms. The summed E-state index contributed by atoms with van der Waals surface area (Å²) in [6, 6.07) is 0. The molecule has 0 atom stereocenters. The zero-order valence-corrected chi connectivity index (χ0v) is 8.75. The maximum atomic E-state index is 5.69. The molecule has 0 aliphatic heterocycles. The van der Waals surface area contributed by atoms with Crippen LogP contribution in [0.25, 0.3) is 0 Å². The predicted octanol–water partition coefficient (Wildman–Crippen LogP) is 2.21. The Morgan fingerprint density at radius 1 is 1.54 bits per heavy atom. The van der Waals surface area contributed by atoms with E-state index in [1.807, 2.05) is 11.6 Å². The summed E-state index contributed by atoms with van der Waals surface area (Å²) < 4.78 is 1.98. The van der Waals surface area contributed by atoms with Gasteiger partial charge in [0, 0.05) is 6.54 Å². The lowest BCUT2D eigenvalue weighted by molar-refractivity contribution is 0.484. The van der Waals surface area contributed by atoms with Crippen molar-refractivity contribution in [1.29, 1.82) is 0 Å². The molecule has 3 nitrogen and oxygen atoms in total. The van der Waals surface area contributed by atoms with Gasteiger partial charge in [-0.3, -0.25) is 4.68 Å². The molecule has 74 valence electrons. The van der Waals surface area contributed by atoms with Gasteiger partial charge in [0.2, 0.25) is 0 Å². The van der Waals surface area contributed by atoms with Gasteiger partial charge in [-0.2, -0.15) is 5.10 Å². The fourth-order valence-corrected chi connectivity index (χ4v) is 1.34. The SMILES string of the molecule is Cc1c(N)cnn1CCCC(C)C. The Morgan fingerprint density at radius 3 is 2.69 bits per heavy atom. The Balaban J connectivity index is 2.41. The Labute approximate surface area is 79.9 Å². The topological polar surface area (TPSA) is 43.8 Å². The van der Waals surface area contributed by atoms with E-state index in [1.165, 1.54) is 12.8 Å². The van der Waals surface area contributed by atoms with Crippen molar-refractivity contribution < 1.29 is 0 Å². The smallest absolute Gasteiger partial charge is 0.0730 e. The maximum absolute atomic E-state index is 5.69. The molecule has 0 aromatic carbocycles. The number of nitrogens with two attached hydrogens (primary N) is 1. The van der Waals surface area contributed by atoms with Crippen LogP contribution < -0.4 is 5.73 Å². The van der Waals surface area contributed by atoms with Crippen LogP contribution in [-0.4, -0.2) is 9.78 Å². The molecular weight excluding hydrogens is 162 g/mol. The quantitative estimate of drug-likeness (QED) is 0.774. The van der Waals surface area contributed by atoms with Gasteiger partial charge in [-0.05, 0) is 25.7 Å². The zero-order chi connectivity index (χ0) is 9.84. The highest BCUT2D eigenvalue weighted by atomic mass is 15.3. The van der Waals surface area contributed by atoms with Gasteiger partial charge in [-0.1, -0.05) is 13.8 Å². The summed E-state index contributed by atoms with van der Waals surface area (Å²) in [5, 5.41) is 4.20. The largest absolute Gasteiger partial charge is 0.396 e. The van der Waals surface area contributed by atoms with Crippen LogP contribution in [0, 0.1) is 12.8 Å². The number of aromatic nitrogens is 2. The maximum Gasteiger partial charge on any atom is 0.0730 e. The predicted molar refractivity (Wildman–Crippen MR) is 55.4 cm³/mol. The van der Waals surface area contributed by atoms with Crippen LogP contribution in [0.1, 0.15) is 32.4 Å². The first-order chi connectivity index (χ1) is 6.11. The van der Waals surface area contributed by atoms with Crippen LogP contribution in [0.3, 0.4) is 0 Å². The highest BCUT2D eigenvalue weighted by Crippen LogP contribution is 2.11. The van der Waals surface area contributed by atoms with E-state index >= 15 is 0 Å². The summed E-state index contributed by atoms with van der Waals surface area (Å²) in [7, 11) is 0. The molecule has 0 aliphatic rings. The molecule has 1 aromatic heterocycles. The Morgan fingerprint density at radius 2 is 2.23 bits per heavy atom. The standard InChI is InChI=1S/C10H19N3/c1-8(2)5-4-6-13-9(3)10(11)7-12-13/h7-8H,4-6,11H2,1-3H3. The van der Waals surface area contributed by atoms with Crippen molar-refractivity contribution >= 4 is 5.69 Å². The van der Waals surface area contributed by atoms with Gasteiger partial charge in [-0.25, -0.2) is 0 Å². The fourth-order valence-electron chi connectivity index (χ4n) is 1.34. The first kappa shape index (κ1) is 10.1. The summed E-state index contributed by atoms with van der Waals surface area (Å²) in [5.41, 5.74) is 7.57. The van der Waals surface area contributed by atoms with Crippen molar-refractivity contribution in [2.24, 2.45) is 5.92 Å². The molecule has 0 aliphatic carbocycles. The summed E-state index contributed by atoms with van der Waals surface area (Å²) in [6.45, 7) is 7.48. The van der Waals surface area contributed by atoms with Gasteiger partial charge in [0.1, 0.15) is 0 Å². The number of hydrogen-bond donors (Lipinski definition) is 1. The van der Waals surface area contributed by atoms with Gasteiger partial charge in [-0.15, -0.1) is 0 Å². The minimum absolute atomic E-state index is 0.771. The highest BCUT2D eigenvalue weighted by molar-refractivity contribution is 5.39. The molecule has 1 aromatic rings.